The zero-order valence-corrected chi connectivity index (χ0v) is 6.37. The molecule has 0 amide bonds. The maximum atomic E-state index is 9.16. The molecule has 1 aliphatic rings. The zero-order chi connectivity index (χ0) is 7.84. The second kappa shape index (κ2) is 2.27. The SMILES string of the molecule is CB1OCc2ccc(O)cc21. The molecule has 11 heavy (non-hydrogen) atoms. The highest BCUT2D eigenvalue weighted by atomic mass is 16.4. The third-order valence-electron chi connectivity index (χ3n) is 2.06. The van der Waals surface area contributed by atoms with Crippen LogP contribution in [0.1, 0.15) is 5.56 Å². The first-order valence-electron chi connectivity index (χ1n) is 3.71. The predicted octanol–water partition coefficient (Wildman–Crippen LogP) is 0.751. The number of phenolic OH excluding ortho intramolecular Hbond substituents is 1. The Hall–Kier alpha value is -0.955. The fourth-order valence-corrected chi connectivity index (χ4v) is 1.40. The molecule has 0 saturated heterocycles. The molecule has 2 nitrogen and oxygen atoms in total. The monoisotopic (exact) mass is 148 g/mol. The van der Waals surface area contributed by atoms with Gasteiger partial charge < -0.3 is 9.76 Å². The Morgan fingerprint density at radius 3 is 3.18 bits per heavy atom. The first kappa shape index (κ1) is 6.74. The molecule has 0 aliphatic carbocycles. The highest BCUT2D eigenvalue weighted by molar-refractivity contribution is 6.67. The molecule has 0 fully saturated rings. The van der Waals surface area contributed by atoms with Crippen molar-refractivity contribution in [2.24, 2.45) is 0 Å². The quantitative estimate of drug-likeness (QED) is 0.550. The summed E-state index contributed by atoms with van der Waals surface area (Å²) < 4.78 is 5.37. The lowest BCUT2D eigenvalue weighted by atomic mass is 9.64. The third-order valence-corrected chi connectivity index (χ3v) is 2.06. The Bertz CT molecular complexity index is 285. The van der Waals surface area contributed by atoms with Gasteiger partial charge in [0.05, 0.1) is 6.61 Å². The van der Waals surface area contributed by atoms with Crippen molar-refractivity contribution in [2.45, 2.75) is 13.4 Å². The van der Waals surface area contributed by atoms with Crippen molar-refractivity contribution in [2.75, 3.05) is 0 Å². The van der Waals surface area contributed by atoms with Crippen molar-refractivity contribution in [3.63, 3.8) is 0 Å². The highest BCUT2D eigenvalue weighted by Crippen LogP contribution is 2.15. The van der Waals surface area contributed by atoms with Crippen LogP contribution in [-0.2, 0) is 11.3 Å². The lowest BCUT2D eigenvalue weighted by Crippen LogP contribution is -2.23. The average molecular weight is 148 g/mol. The molecule has 1 heterocycles. The summed E-state index contributed by atoms with van der Waals surface area (Å²) in [5.74, 6) is 0.320. The van der Waals surface area contributed by atoms with E-state index in [9.17, 15) is 0 Å². The summed E-state index contributed by atoms with van der Waals surface area (Å²) >= 11 is 0. The molecule has 0 aromatic heterocycles. The van der Waals surface area contributed by atoms with Gasteiger partial charge in [-0.15, -0.1) is 0 Å². The maximum absolute atomic E-state index is 9.16. The van der Waals surface area contributed by atoms with Gasteiger partial charge in [0.15, 0.2) is 0 Å². The molecular weight excluding hydrogens is 139 g/mol. The van der Waals surface area contributed by atoms with Crippen LogP contribution < -0.4 is 5.46 Å². The summed E-state index contributed by atoms with van der Waals surface area (Å²) in [4.78, 5) is 0. The summed E-state index contributed by atoms with van der Waals surface area (Å²) in [7, 11) is 0. The summed E-state index contributed by atoms with van der Waals surface area (Å²) in [6, 6.07) is 5.38. The lowest BCUT2D eigenvalue weighted by Gasteiger charge is -1.98. The number of aromatic hydroxyl groups is 1. The van der Waals surface area contributed by atoms with Crippen LogP contribution >= 0.6 is 0 Å². The van der Waals surface area contributed by atoms with Crippen molar-refractivity contribution >= 4 is 12.4 Å². The maximum Gasteiger partial charge on any atom is 0.324 e. The van der Waals surface area contributed by atoms with Crippen molar-refractivity contribution in [3.05, 3.63) is 23.8 Å². The van der Waals surface area contributed by atoms with E-state index in [-0.39, 0.29) is 6.92 Å². The molecule has 56 valence electrons. The average Bonchev–Trinajstić information content (AvgIpc) is 2.33. The number of hydrogen-bond acceptors (Lipinski definition) is 2. The Morgan fingerprint density at radius 1 is 1.55 bits per heavy atom. The van der Waals surface area contributed by atoms with Crippen LogP contribution in [0.4, 0.5) is 0 Å². The van der Waals surface area contributed by atoms with Crippen LogP contribution in [0.25, 0.3) is 0 Å². The molecule has 0 atom stereocenters. The topological polar surface area (TPSA) is 29.5 Å². The molecule has 1 aromatic rings. The summed E-state index contributed by atoms with van der Waals surface area (Å²) in [5.41, 5.74) is 2.31. The second-order valence-corrected chi connectivity index (χ2v) is 2.84. The van der Waals surface area contributed by atoms with Crippen LogP contribution in [0, 0.1) is 0 Å². The standard InChI is InChI=1S/C8H9BO2/c1-9-8-4-7(10)3-2-6(8)5-11-9/h2-4,10H,5H2,1H3. The number of hydrogen-bond donors (Lipinski definition) is 1. The van der Waals surface area contributed by atoms with Gasteiger partial charge in [0, 0.05) is 0 Å². The molecule has 0 bridgehead atoms. The molecule has 3 heteroatoms. The summed E-state index contributed by atoms with van der Waals surface area (Å²) in [6.07, 6.45) is 0. The molecule has 0 spiro atoms. The lowest BCUT2D eigenvalue weighted by molar-refractivity contribution is 0.333. The summed E-state index contributed by atoms with van der Waals surface area (Å²) in [5, 5.41) is 9.16. The fourth-order valence-electron chi connectivity index (χ4n) is 1.40. The van der Waals surface area contributed by atoms with Gasteiger partial charge in [0.2, 0.25) is 0 Å². The van der Waals surface area contributed by atoms with Gasteiger partial charge in [-0.1, -0.05) is 12.9 Å². The van der Waals surface area contributed by atoms with E-state index in [2.05, 4.69) is 0 Å². The van der Waals surface area contributed by atoms with Crippen molar-refractivity contribution in [3.8, 4) is 5.75 Å². The number of fused-ring (bicyclic) bond motifs is 1. The minimum atomic E-state index is 0.136. The van der Waals surface area contributed by atoms with E-state index in [1.54, 1.807) is 12.1 Å². The molecule has 2 rings (SSSR count). The van der Waals surface area contributed by atoms with Crippen LogP contribution in [-0.4, -0.2) is 12.0 Å². The fraction of sp³-hybridized carbons (Fsp3) is 0.250. The van der Waals surface area contributed by atoms with Crippen molar-refractivity contribution < 1.29 is 9.76 Å². The molecule has 1 aromatic carbocycles. The largest absolute Gasteiger partial charge is 0.508 e. The number of rotatable bonds is 0. The Kier molecular flexibility index (Phi) is 1.39. The van der Waals surface area contributed by atoms with Crippen LogP contribution in [0.15, 0.2) is 18.2 Å². The van der Waals surface area contributed by atoms with Crippen LogP contribution in [0.2, 0.25) is 6.82 Å². The number of phenols is 1. The zero-order valence-electron chi connectivity index (χ0n) is 6.37. The minimum absolute atomic E-state index is 0.136. The predicted molar refractivity (Wildman–Crippen MR) is 44.1 cm³/mol. The van der Waals surface area contributed by atoms with Gasteiger partial charge in [-0.3, -0.25) is 0 Å². The van der Waals surface area contributed by atoms with Crippen LogP contribution in [0.5, 0.6) is 5.75 Å². The van der Waals surface area contributed by atoms with E-state index in [1.807, 2.05) is 12.9 Å². The first-order valence-corrected chi connectivity index (χ1v) is 3.71. The second-order valence-electron chi connectivity index (χ2n) is 2.84. The third kappa shape index (κ3) is 1.01. The summed E-state index contributed by atoms with van der Waals surface area (Å²) in [6.45, 7) is 2.80. The first-order chi connectivity index (χ1) is 5.27. The molecule has 0 radical (unpaired) electrons. The van der Waals surface area contributed by atoms with Gasteiger partial charge in [-0.2, -0.15) is 0 Å². The van der Waals surface area contributed by atoms with E-state index < -0.39 is 0 Å². The molecular formula is C8H9BO2. The van der Waals surface area contributed by atoms with Gasteiger partial charge >= 0.3 is 6.92 Å². The van der Waals surface area contributed by atoms with Gasteiger partial charge in [-0.05, 0) is 23.2 Å². The highest BCUT2D eigenvalue weighted by Gasteiger charge is 2.22. The van der Waals surface area contributed by atoms with E-state index in [0.29, 0.717) is 12.4 Å². The Morgan fingerprint density at radius 2 is 2.36 bits per heavy atom. The van der Waals surface area contributed by atoms with Gasteiger partial charge in [-0.25, -0.2) is 0 Å². The van der Waals surface area contributed by atoms with E-state index in [4.69, 9.17) is 9.76 Å². The van der Waals surface area contributed by atoms with Gasteiger partial charge in [0.25, 0.3) is 0 Å². The Balaban J connectivity index is 2.52. The van der Waals surface area contributed by atoms with E-state index in [1.165, 1.54) is 5.56 Å². The number of benzene rings is 1. The molecule has 0 saturated carbocycles. The van der Waals surface area contributed by atoms with Gasteiger partial charge in [0.1, 0.15) is 5.75 Å². The molecule has 0 unspecified atom stereocenters. The van der Waals surface area contributed by atoms with Crippen molar-refractivity contribution in [1.29, 1.82) is 0 Å². The smallest absolute Gasteiger partial charge is 0.324 e. The minimum Gasteiger partial charge on any atom is -0.508 e. The Labute approximate surface area is 65.9 Å². The molecule has 1 N–H and O–H groups in total. The van der Waals surface area contributed by atoms with Crippen LogP contribution in [0.3, 0.4) is 0 Å². The molecule has 1 aliphatic heterocycles. The van der Waals surface area contributed by atoms with Crippen molar-refractivity contribution in [1.82, 2.24) is 0 Å². The van der Waals surface area contributed by atoms with E-state index in [0.717, 1.165) is 5.46 Å². The normalized spacial score (nSPS) is 15.2. The van der Waals surface area contributed by atoms with E-state index >= 15 is 0 Å².